The SMILES string of the molecule is CCn1c2ccccc2c2cc(/C=C/C(=O)c3ccc(OC)cc3O)ccc21. The highest BCUT2D eigenvalue weighted by atomic mass is 16.5. The van der Waals surface area contributed by atoms with Crippen LogP contribution in [0.5, 0.6) is 11.5 Å². The number of benzene rings is 3. The van der Waals surface area contributed by atoms with E-state index in [9.17, 15) is 9.90 Å². The zero-order valence-electron chi connectivity index (χ0n) is 15.8. The van der Waals surface area contributed by atoms with Gasteiger partial charge in [0, 0.05) is 34.4 Å². The van der Waals surface area contributed by atoms with Crippen LogP contribution in [0, 0.1) is 0 Å². The maximum Gasteiger partial charge on any atom is 0.189 e. The molecule has 0 aliphatic rings. The Bertz CT molecular complexity index is 1220. The molecular formula is C24H21NO3. The smallest absolute Gasteiger partial charge is 0.189 e. The van der Waals surface area contributed by atoms with Gasteiger partial charge in [0.15, 0.2) is 5.78 Å². The maximum absolute atomic E-state index is 12.5. The molecule has 4 heteroatoms. The molecule has 140 valence electrons. The van der Waals surface area contributed by atoms with Gasteiger partial charge in [-0.1, -0.05) is 30.3 Å². The molecule has 4 rings (SSSR count). The molecular weight excluding hydrogens is 350 g/mol. The van der Waals surface area contributed by atoms with E-state index in [1.807, 2.05) is 18.2 Å². The van der Waals surface area contributed by atoms with Gasteiger partial charge in [0.1, 0.15) is 11.5 Å². The average Bonchev–Trinajstić information content (AvgIpc) is 3.05. The van der Waals surface area contributed by atoms with Crippen LogP contribution < -0.4 is 4.74 Å². The topological polar surface area (TPSA) is 51.5 Å². The highest BCUT2D eigenvalue weighted by Gasteiger charge is 2.11. The minimum absolute atomic E-state index is 0.0875. The van der Waals surface area contributed by atoms with Gasteiger partial charge in [-0.15, -0.1) is 0 Å². The van der Waals surface area contributed by atoms with E-state index < -0.39 is 0 Å². The molecule has 4 aromatic rings. The second-order valence-electron chi connectivity index (χ2n) is 6.62. The summed E-state index contributed by atoms with van der Waals surface area (Å²) in [5.41, 5.74) is 3.58. The number of phenols is 1. The van der Waals surface area contributed by atoms with Gasteiger partial charge in [-0.2, -0.15) is 0 Å². The number of nitrogens with zero attached hydrogens (tertiary/aromatic N) is 1. The van der Waals surface area contributed by atoms with Crippen molar-refractivity contribution in [1.82, 2.24) is 4.57 Å². The van der Waals surface area contributed by atoms with Crippen molar-refractivity contribution < 1.29 is 14.6 Å². The number of hydrogen-bond donors (Lipinski definition) is 1. The van der Waals surface area contributed by atoms with Crippen LogP contribution in [0.1, 0.15) is 22.8 Å². The van der Waals surface area contributed by atoms with Gasteiger partial charge in [-0.3, -0.25) is 4.79 Å². The predicted molar refractivity (Wildman–Crippen MR) is 113 cm³/mol. The summed E-state index contributed by atoms with van der Waals surface area (Å²) in [5, 5.41) is 12.4. The molecule has 0 saturated heterocycles. The zero-order chi connectivity index (χ0) is 19.7. The third kappa shape index (κ3) is 3.03. The maximum atomic E-state index is 12.5. The molecule has 0 fully saturated rings. The number of methoxy groups -OCH3 is 1. The van der Waals surface area contributed by atoms with Gasteiger partial charge >= 0.3 is 0 Å². The fourth-order valence-electron chi connectivity index (χ4n) is 3.62. The van der Waals surface area contributed by atoms with Crippen molar-refractivity contribution in [2.45, 2.75) is 13.5 Å². The van der Waals surface area contributed by atoms with Crippen LogP contribution in [0.25, 0.3) is 27.9 Å². The van der Waals surface area contributed by atoms with Gasteiger partial charge in [-0.05, 0) is 48.9 Å². The summed E-state index contributed by atoms with van der Waals surface area (Å²) >= 11 is 0. The number of para-hydroxylation sites is 1. The Morgan fingerprint density at radius 1 is 1.04 bits per heavy atom. The summed E-state index contributed by atoms with van der Waals surface area (Å²) in [6.45, 7) is 3.04. The van der Waals surface area contributed by atoms with E-state index in [2.05, 4.69) is 35.8 Å². The van der Waals surface area contributed by atoms with E-state index in [4.69, 9.17) is 4.74 Å². The van der Waals surface area contributed by atoms with Crippen molar-refractivity contribution in [2.75, 3.05) is 7.11 Å². The van der Waals surface area contributed by atoms with Crippen LogP contribution in [0.3, 0.4) is 0 Å². The first-order valence-electron chi connectivity index (χ1n) is 9.22. The molecule has 4 nitrogen and oxygen atoms in total. The molecule has 0 radical (unpaired) electrons. The van der Waals surface area contributed by atoms with Gasteiger partial charge in [0.25, 0.3) is 0 Å². The summed E-state index contributed by atoms with van der Waals surface area (Å²) in [4.78, 5) is 12.5. The Morgan fingerprint density at radius 3 is 2.57 bits per heavy atom. The molecule has 28 heavy (non-hydrogen) atoms. The van der Waals surface area contributed by atoms with Crippen LogP contribution in [-0.4, -0.2) is 22.6 Å². The van der Waals surface area contributed by atoms with Gasteiger partial charge < -0.3 is 14.4 Å². The van der Waals surface area contributed by atoms with Crippen LogP contribution in [0.4, 0.5) is 0 Å². The molecule has 0 aliphatic heterocycles. The third-order valence-corrected chi connectivity index (χ3v) is 5.01. The van der Waals surface area contributed by atoms with Gasteiger partial charge in [0.05, 0.1) is 12.7 Å². The largest absolute Gasteiger partial charge is 0.507 e. The van der Waals surface area contributed by atoms with E-state index in [1.54, 1.807) is 18.2 Å². The van der Waals surface area contributed by atoms with Gasteiger partial charge in [-0.25, -0.2) is 0 Å². The van der Waals surface area contributed by atoms with E-state index >= 15 is 0 Å². The Hall–Kier alpha value is -3.53. The number of ketones is 1. The minimum atomic E-state index is -0.253. The number of phenolic OH excluding ortho intramolecular Hbond substituents is 1. The van der Waals surface area contributed by atoms with Crippen LogP contribution in [0.2, 0.25) is 0 Å². The number of fused-ring (bicyclic) bond motifs is 3. The fraction of sp³-hybridized carbons (Fsp3) is 0.125. The zero-order valence-corrected chi connectivity index (χ0v) is 15.8. The highest BCUT2D eigenvalue weighted by molar-refractivity contribution is 6.10. The second-order valence-corrected chi connectivity index (χ2v) is 6.62. The summed E-state index contributed by atoms with van der Waals surface area (Å²) in [7, 11) is 1.52. The lowest BCUT2D eigenvalue weighted by Crippen LogP contribution is -1.95. The van der Waals surface area contributed by atoms with E-state index in [0.717, 1.165) is 12.1 Å². The molecule has 0 atom stereocenters. The molecule has 1 aromatic heterocycles. The van der Waals surface area contributed by atoms with E-state index in [1.165, 1.54) is 41.1 Å². The minimum Gasteiger partial charge on any atom is -0.507 e. The lowest BCUT2D eigenvalue weighted by molar-refractivity contribution is 0.104. The highest BCUT2D eigenvalue weighted by Crippen LogP contribution is 2.30. The number of allylic oxidation sites excluding steroid dienone is 1. The Balaban J connectivity index is 1.70. The molecule has 0 spiro atoms. The average molecular weight is 371 g/mol. The van der Waals surface area contributed by atoms with Crippen LogP contribution >= 0.6 is 0 Å². The van der Waals surface area contributed by atoms with Gasteiger partial charge in [0.2, 0.25) is 0 Å². The quantitative estimate of drug-likeness (QED) is 0.376. The van der Waals surface area contributed by atoms with Crippen molar-refractivity contribution in [3.05, 3.63) is 77.9 Å². The molecule has 0 amide bonds. The fourth-order valence-corrected chi connectivity index (χ4v) is 3.62. The molecule has 0 saturated carbocycles. The molecule has 1 N–H and O–H groups in total. The normalized spacial score (nSPS) is 11.5. The standard InChI is InChI=1S/C24H21NO3/c1-3-25-21-7-5-4-6-18(21)20-14-16(8-12-22(20)25)9-13-23(26)19-11-10-17(28-2)15-24(19)27/h4-15,27H,3H2,1-2H3/b13-9+. The molecule has 0 unspecified atom stereocenters. The number of hydrogen-bond acceptors (Lipinski definition) is 3. The van der Waals surface area contributed by atoms with E-state index in [0.29, 0.717) is 5.75 Å². The number of aryl methyl sites for hydroxylation is 1. The molecule has 1 heterocycles. The predicted octanol–water partition coefficient (Wildman–Crippen LogP) is 5.42. The third-order valence-electron chi connectivity index (χ3n) is 5.01. The number of ether oxygens (including phenoxy) is 1. The van der Waals surface area contributed by atoms with Crippen LogP contribution in [0.15, 0.2) is 66.7 Å². The summed E-state index contributed by atoms with van der Waals surface area (Å²) < 4.78 is 7.35. The molecule has 0 bridgehead atoms. The van der Waals surface area contributed by atoms with Crippen LogP contribution in [-0.2, 0) is 6.54 Å². The lowest BCUT2D eigenvalue weighted by atomic mass is 10.1. The Morgan fingerprint density at radius 2 is 1.82 bits per heavy atom. The first-order valence-corrected chi connectivity index (χ1v) is 9.22. The second kappa shape index (κ2) is 7.24. The first-order chi connectivity index (χ1) is 13.6. The number of rotatable bonds is 5. The summed E-state index contributed by atoms with van der Waals surface area (Å²) in [5.74, 6) is 0.169. The number of carbonyl (C=O) groups is 1. The molecule has 3 aromatic carbocycles. The van der Waals surface area contributed by atoms with Crippen molar-refractivity contribution in [1.29, 1.82) is 0 Å². The van der Waals surface area contributed by atoms with Crippen molar-refractivity contribution in [2.24, 2.45) is 0 Å². The molecule has 0 aliphatic carbocycles. The Labute approximate surface area is 163 Å². The first kappa shape index (κ1) is 17.9. The lowest BCUT2D eigenvalue weighted by Gasteiger charge is -2.04. The van der Waals surface area contributed by atoms with Crippen molar-refractivity contribution >= 4 is 33.7 Å². The number of carbonyl (C=O) groups excluding carboxylic acids is 1. The monoisotopic (exact) mass is 371 g/mol. The van der Waals surface area contributed by atoms with E-state index in [-0.39, 0.29) is 17.1 Å². The summed E-state index contributed by atoms with van der Waals surface area (Å²) in [6, 6.07) is 19.2. The number of aromatic nitrogens is 1. The van der Waals surface area contributed by atoms with Crippen molar-refractivity contribution in [3.63, 3.8) is 0 Å². The summed E-state index contributed by atoms with van der Waals surface area (Å²) in [6.07, 6.45) is 3.27. The number of aromatic hydroxyl groups is 1. The van der Waals surface area contributed by atoms with Crippen molar-refractivity contribution in [3.8, 4) is 11.5 Å². The Kier molecular flexibility index (Phi) is 4.62.